The summed E-state index contributed by atoms with van der Waals surface area (Å²) in [6.07, 6.45) is 0. The highest BCUT2D eigenvalue weighted by Gasteiger charge is 2.23. The van der Waals surface area contributed by atoms with Gasteiger partial charge < -0.3 is 5.32 Å². The van der Waals surface area contributed by atoms with Crippen LogP contribution in [-0.4, -0.2) is 7.05 Å². The first kappa shape index (κ1) is 15.8. The minimum atomic E-state index is 0.142. The minimum absolute atomic E-state index is 0.142. The van der Waals surface area contributed by atoms with Crippen molar-refractivity contribution in [1.29, 1.82) is 0 Å². The van der Waals surface area contributed by atoms with Gasteiger partial charge in [0.25, 0.3) is 0 Å². The lowest BCUT2D eigenvalue weighted by Crippen LogP contribution is -2.24. The number of benzene rings is 2. The lowest BCUT2D eigenvalue weighted by Gasteiger charge is -2.28. The summed E-state index contributed by atoms with van der Waals surface area (Å²) in [6, 6.07) is 15.6. The Morgan fingerprint density at radius 3 is 2.10 bits per heavy atom. The molecule has 0 fully saturated rings. The molecule has 1 unspecified atom stereocenters. The summed E-state index contributed by atoms with van der Waals surface area (Å²) in [5, 5.41) is 3.52. The predicted octanol–water partition coefficient (Wildman–Crippen LogP) is 4.91. The Hall–Kier alpha value is -1.60. The monoisotopic (exact) mass is 281 g/mol. The largest absolute Gasteiger partial charge is 0.309 e. The first-order valence-corrected chi connectivity index (χ1v) is 7.69. The third-order valence-corrected chi connectivity index (χ3v) is 4.33. The first-order valence-electron chi connectivity index (χ1n) is 7.69. The zero-order chi connectivity index (χ0) is 15.6. The summed E-state index contributed by atoms with van der Waals surface area (Å²) < 4.78 is 0. The molecule has 0 saturated heterocycles. The normalized spacial score (nSPS) is 13.2. The predicted molar refractivity (Wildman–Crippen MR) is 92.0 cm³/mol. The molecule has 112 valence electrons. The zero-order valence-electron chi connectivity index (χ0n) is 14.1. The van der Waals surface area contributed by atoms with E-state index < -0.39 is 0 Å². The van der Waals surface area contributed by atoms with Gasteiger partial charge in [0.05, 0.1) is 6.04 Å². The second-order valence-electron chi connectivity index (χ2n) is 6.85. The van der Waals surface area contributed by atoms with Crippen molar-refractivity contribution < 1.29 is 0 Å². The average Bonchev–Trinajstić information content (AvgIpc) is 2.44. The van der Waals surface area contributed by atoms with Crippen LogP contribution < -0.4 is 5.32 Å². The highest BCUT2D eigenvalue weighted by Crippen LogP contribution is 2.34. The molecule has 21 heavy (non-hydrogen) atoms. The molecule has 2 aromatic carbocycles. The van der Waals surface area contributed by atoms with E-state index in [0.717, 1.165) is 0 Å². The van der Waals surface area contributed by atoms with Gasteiger partial charge in [-0.15, -0.1) is 0 Å². The molecule has 0 heterocycles. The molecule has 0 spiro atoms. The number of aryl methyl sites for hydroxylation is 1. The number of hydrogen-bond acceptors (Lipinski definition) is 1. The summed E-state index contributed by atoms with van der Waals surface area (Å²) in [6.45, 7) is 11.2. The fourth-order valence-electron chi connectivity index (χ4n) is 3.00. The fraction of sp³-hybridized carbons (Fsp3) is 0.400. The van der Waals surface area contributed by atoms with Crippen molar-refractivity contribution in [1.82, 2.24) is 5.32 Å². The highest BCUT2D eigenvalue weighted by molar-refractivity contribution is 5.45. The lowest BCUT2D eigenvalue weighted by atomic mass is 9.80. The molecule has 0 amide bonds. The maximum Gasteiger partial charge on any atom is 0.0579 e. The highest BCUT2D eigenvalue weighted by atomic mass is 14.9. The quantitative estimate of drug-likeness (QED) is 0.843. The Morgan fingerprint density at radius 2 is 1.48 bits per heavy atom. The molecule has 0 aliphatic carbocycles. The van der Waals surface area contributed by atoms with Gasteiger partial charge in [-0.1, -0.05) is 63.2 Å². The van der Waals surface area contributed by atoms with Crippen molar-refractivity contribution >= 4 is 0 Å². The van der Waals surface area contributed by atoms with Crippen LogP contribution in [0.3, 0.4) is 0 Å². The molecule has 1 nitrogen and oxygen atoms in total. The van der Waals surface area contributed by atoms with E-state index in [1.54, 1.807) is 0 Å². The van der Waals surface area contributed by atoms with Gasteiger partial charge in [0.2, 0.25) is 0 Å². The average molecular weight is 281 g/mol. The van der Waals surface area contributed by atoms with Crippen LogP contribution in [-0.2, 0) is 5.41 Å². The van der Waals surface area contributed by atoms with Crippen molar-refractivity contribution in [3.8, 4) is 0 Å². The maximum absolute atomic E-state index is 3.52. The molecule has 0 aliphatic heterocycles. The van der Waals surface area contributed by atoms with Crippen molar-refractivity contribution in [2.75, 3.05) is 7.05 Å². The Bertz CT molecular complexity index is 620. The van der Waals surface area contributed by atoms with Gasteiger partial charge >= 0.3 is 0 Å². The summed E-state index contributed by atoms with van der Waals surface area (Å²) in [7, 11) is 2.05. The number of rotatable bonds is 3. The molecule has 0 aliphatic rings. The SMILES string of the molecule is CNC(c1ccccc1C(C)(C)C)c1cccc(C)c1C. The molecule has 0 bridgehead atoms. The molecule has 0 aromatic heterocycles. The van der Waals surface area contributed by atoms with Gasteiger partial charge in [-0.05, 0) is 54.1 Å². The van der Waals surface area contributed by atoms with Gasteiger partial charge in [0.1, 0.15) is 0 Å². The van der Waals surface area contributed by atoms with Gasteiger partial charge in [0, 0.05) is 0 Å². The molecule has 2 aromatic rings. The van der Waals surface area contributed by atoms with Crippen molar-refractivity contribution in [3.05, 3.63) is 70.3 Å². The molecule has 1 N–H and O–H groups in total. The molecule has 2 rings (SSSR count). The van der Waals surface area contributed by atoms with E-state index in [0.29, 0.717) is 0 Å². The van der Waals surface area contributed by atoms with Crippen molar-refractivity contribution in [3.63, 3.8) is 0 Å². The third kappa shape index (κ3) is 3.19. The summed E-state index contributed by atoms with van der Waals surface area (Å²) in [5.74, 6) is 0. The first-order chi connectivity index (χ1) is 9.86. The van der Waals surface area contributed by atoms with E-state index in [-0.39, 0.29) is 11.5 Å². The summed E-state index contributed by atoms with van der Waals surface area (Å²) in [5.41, 5.74) is 7.02. The van der Waals surface area contributed by atoms with E-state index >= 15 is 0 Å². The van der Waals surface area contributed by atoms with Crippen LogP contribution in [0, 0.1) is 13.8 Å². The smallest absolute Gasteiger partial charge is 0.0579 e. The van der Waals surface area contributed by atoms with Crippen LogP contribution in [0.1, 0.15) is 54.6 Å². The van der Waals surface area contributed by atoms with Crippen LogP contribution >= 0.6 is 0 Å². The van der Waals surface area contributed by atoms with Gasteiger partial charge in [-0.2, -0.15) is 0 Å². The third-order valence-electron chi connectivity index (χ3n) is 4.33. The summed E-state index contributed by atoms with van der Waals surface area (Å²) in [4.78, 5) is 0. The summed E-state index contributed by atoms with van der Waals surface area (Å²) >= 11 is 0. The Labute approximate surface area is 129 Å². The Balaban J connectivity index is 2.60. The fourth-order valence-corrected chi connectivity index (χ4v) is 3.00. The van der Waals surface area contributed by atoms with Crippen LogP contribution in [0.4, 0.5) is 0 Å². The van der Waals surface area contributed by atoms with Gasteiger partial charge in [0.15, 0.2) is 0 Å². The van der Waals surface area contributed by atoms with E-state index in [1.807, 2.05) is 7.05 Å². The molecule has 1 atom stereocenters. The topological polar surface area (TPSA) is 12.0 Å². The van der Waals surface area contributed by atoms with Crippen molar-refractivity contribution in [2.24, 2.45) is 0 Å². The Morgan fingerprint density at radius 1 is 0.857 bits per heavy atom. The second-order valence-corrected chi connectivity index (χ2v) is 6.85. The molecule has 0 radical (unpaired) electrons. The standard InChI is InChI=1S/C20H27N/c1-14-10-9-12-16(15(14)2)19(21-6)17-11-7-8-13-18(17)20(3,4)5/h7-13,19,21H,1-6H3. The molecule has 0 saturated carbocycles. The van der Waals surface area contributed by atoms with Crippen molar-refractivity contribution in [2.45, 2.75) is 46.1 Å². The molecule has 1 heteroatoms. The molecular formula is C20H27N. The molecular weight excluding hydrogens is 254 g/mol. The van der Waals surface area contributed by atoms with E-state index in [2.05, 4.69) is 82.4 Å². The zero-order valence-corrected chi connectivity index (χ0v) is 14.1. The van der Waals surface area contributed by atoms with Crippen LogP contribution in [0.5, 0.6) is 0 Å². The minimum Gasteiger partial charge on any atom is -0.309 e. The second kappa shape index (κ2) is 6.03. The van der Waals surface area contributed by atoms with Crippen LogP contribution in [0.25, 0.3) is 0 Å². The number of hydrogen-bond donors (Lipinski definition) is 1. The maximum atomic E-state index is 3.52. The van der Waals surface area contributed by atoms with Gasteiger partial charge in [-0.3, -0.25) is 0 Å². The van der Waals surface area contributed by atoms with Gasteiger partial charge in [-0.25, -0.2) is 0 Å². The van der Waals surface area contributed by atoms with E-state index in [9.17, 15) is 0 Å². The number of nitrogens with one attached hydrogen (secondary N) is 1. The van der Waals surface area contributed by atoms with Crippen LogP contribution in [0.15, 0.2) is 42.5 Å². The van der Waals surface area contributed by atoms with E-state index in [4.69, 9.17) is 0 Å². The van der Waals surface area contributed by atoms with Crippen LogP contribution in [0.2, 0.25) is 0 Å². The Kier molecular flexibility index (Phi) is 4.53. The van der Waals surface area contributed by atoms with E-state index in [1.165, 1.54) is 27.8 Å². The lowest BCUT2D eigenvalue weighted by molar-refractivity contribution is 0.566.